The van der Waals surface area contributed by atoms with Crippen LogP contribution in [-0.2, 0) is 20.8 Å². The SMILES string of the molecule is Cc1ccccc1NC(=O)Nc1ccc(CC(=O)N[C@@H](CC(C)C)C(=O)N2CC(C(F)(F)F)[C@@H](C(=O)O)C2)cc1. The highest BCUT2D eigenvalue weighted by molar-refractivity contribution is 6.00. The number of benzene rings is 2. The van der Waals surface area contributed by atoms with E-state index < -0.39 is 61.0 Å². The second-order valence-electron chi connectivity index (χ2n) is 10.4. The lowest BCUT2D eigenvalue weighted by Gasteiger charge is -2.26. The molecule has 3 atom stereocenters. The Morgan fingerprint density at radius 1 is 1.00 bits per heavy atom. The summed E-state index contributed by atoms with van der Waals surface area (Å²) in [6, 6.07) is 12.3. The molecule has 1 aliphatic heterocycles. The molecule has 216 valence electrons. The van der Waals surface area contributed by atoms with E-state index in [-0.39, 0.29) is 18.8 Å². The van der Waals surface area contributed by atoms with Crippen molar-refractivity contribution in [2.75, 3.05) is 23.7 Å². The summed E-state index contributed by atoms with van der Waals surface area (Å²) >= 11 is 0. The first-order valence-electron chi connectivity index (χ1n) is 12.8. The molecule has 9 nitrogen and oxygen atoms in total. The number of carboxylic acids is 1. The summed E-state index contributed by atoms with van der Waals surface area (Å²) in [5.74, 6) is -6.87. The van der Waals surface area contributed by atoms with E-state index in [0.717, 1.165) is 10.5 Å². The van der Waals surface area contributed by atoms with Crippen molar-refractivity contribution in [3.8, 4) is 0 Å². The predicted octanol–water partition coefficient (Wildman–Crippen LogP) is 4.43. The van der Waals surface area contributed by atoms with Gasteiger partial charge >= 0.3 is 18.2 Å². The summed E-state index contributed by atoms with van der Waals surface area (Å²) < 4.78 is 40.2. The van der Waals surface area contributed by atoms with E-state index >= 15 is 0 Å². The molecule has 1 unspecified atom stereocenters. The number of amides is 4. The standard InChI is InChI=1S/C28H33F3N4O5/c1-16(2)12-23(25(37)35-14-20(26(38)39)21(15-35)28(29,30)31)33-24(36)13-18-8-10-19(11-9-18)32-27(40)34-22-7-5-4-6-17(22)3/h4-11,16,20-21,23H,12-15H2,1-3H3,(H,33,36)(H,38,39)(H2,32,34,40)/t20-,21?,23-/m0/s1. The zero-order chi connectivity index (χ0) is 29.6. The number of para-hydroxylation sites is 1. The number of anilines is 2. The van der Waals surface area contributed by atoms with Crippen molar-refractivity contribution >= 4 is 35.2 Å². The Morgan fingerprint density at radius 3 is 2.20 bits per heavy atom. The lowest BCUT2D eigenvalue weighted by atomic mass is 9.96. The van der Waals surface area contributed by atoms with Gasteiger partial charge in [-0.2, -0.15) is 13.2 Å². The first kappa shape index (κ1) is 30.5. The fraction of sp³-hybridized carbons (Fsp3) is 0.429. The number of urea groups is 1. The molecule has 0 bridgehead atoms. The molecule has 0 radical (unpaired) electrons. The summed E-state index contributed by atoms with van der Waals surface area (Å²) in [5, 5.41) is 17.3. The van der Waals surface area contributed by atoms with E-state index in [1.165, 1.54) is 0 Å². The maximum absolute atomic E-state index is 13.4. The average molecular weight is 563 g/mol. The number of nitrogens with one attached hydrogen (secondary N) is 3. The molecule has 0 aromatic heterocycles. The van der Waals surface area contributed by atoms with Gasteiger partial charge in [-0.3, -0.25) is 14.4 Å². The van der Waals surface area contributed by atoms with Crippen LogP contribution in [0.1, 0.15) is 31.4 Å². The van der Waals surface area contributed by atoms with E-state index in [4.69, 9.17) is 0 Å². The number of aliphatic carboxylic acids is 1. The van der Waals surface area contributed by atoms with Crippen molar-refractivity contribution in [1.29, 1.82) is 0 Å². The summed E-state index contributed by atoms with van der Waals surface area (Å²) in [6.07, 6.45) is -4.70. The highest BCUT2D eigenvalue weighted by atomic mass is 19.4. The third-order valence-electron chi connectivity index (χ3n) is 6.68. The molecule has 1 aliphatic rings. The molecule has 12 heteroatoms. The summed E-state index contributed by atoms with van der Waals surface area (Å²) in [5.41, 5.74) is 2.65. The van der Waals surface area contributed by atoms with Gasteiger partial charge in [0.2, 0.25) is 11.8 Å². The summed E-state index contributed by atoms with van der Waals surface area (Å²) in [6.45, 7) is 4.13. The quantitative estimate of drug-likeness (QED) is 0.360. The molecule has 40 heavy (non-hydrogen) atoms. The Kier molecular flexibility index (Phi) is 9.78. The monoisotopic (exact) mass is 562 g/mol. The molecular weight excluding hydrogens is 529 g/mol. The van der Waals surface area contributed by atoms with E-state index in [9.17, 15) is 37.5 Å². The minimum absolute atomic E-state index is 0.0679. The van der Waals surface area contributed by atoms with Crippen LogP contribution in [0.15, 0.2) is 48.5 Å². The Bertz CT molecular complexity index is 1230. The van der Waals surface area contributed by atoms with Crippen LogP contribution in [0.4, 0.5) is 29.3 Å². The van der Waals surface area contributed by atoms with Crippen LogP contribution in [0.5, 0.6) is 0 Å². The van der Waals surface area contributed by atoms with E-state index in [1.54, 1.807) is 50.2 Å². The molecule has 4 N–H and O–H groups in total. The second-order valence-corrected chi connectivity index (χ2v) is 10.4. The van der Waals surface area contributed by atoms with Crippen molar-refractivity contribution in [3.05, 3.63) is 59.7 Å². The molecular formula is C28H33F3N4O5. The fourth-order valence-corrected chi connectivity index (χ4v) is 4.61. The van der Waals surface area contributed by atoms with Crippen LogP contribution in [0, 0.1) is 24.7 Å². The molecule has 1 fully saturated rings. The van der Waals surface area contributed by atoms with E-state index in [1.807, 2.05) is 19.1 Å². The van der Waals surface area contributed by atoms with Gasteiger partial charge in [0.25, 0.3) is 0 Å². The Morgan fingerprint density at radius 2 is 1.65 bits per heavy atom. The van der Waals surface area contributed by atoms with E-state index in [2.05, 4.69) is 16.0 Å². The number of hydrogen-bond acceptors (Lipinski definition) is 4. The lowest BCUT2D eigenvalue weighted by molar-refractivity contribution is -0.188. The number of carbonyl (C=O) groups is 4. The topological polar surface area (TPSA) is 128 Å². The number of rotatable bonds is 9. The Labute approximate surface area is 230 Å². The van der Waals surface area contributed by atoms with Crippen molar-refractivity contribution in [2.45, 2.75) is 45.8 Å². The van der Waals surface area contributed by atoms with Gasteiger partial charge in [-0.15, -0.1) is 0 Å². The van der Waals surface area contributed by atoms with E-state index in [0.29, 0.717) is 16.9 Å². The molecule has 1 saturated heterocycles. The number of carboxylic acid groups (broad SMARTS) is 1. The van der Waals surface area contributed by atoms with Gasteiger partial charge in [-0.05, 0) is 48.6 Å². The maximum atomic E-state index is 13.4. The number of alkyl halides is 3. The van der Waals surface area contributed by atoms with Crippen LogP contribution in [0.2, 0.25) is 0 Å². The first-order chi connectivity index (χ1) is 18.7. The lowest BCUT2D eigenvalue weighted by Crippen LogP contribution is -2.49. The van der Waals surface area contributed by atoms with Gasteiger partial charge in [0.1, 0.15) is 6.04 Å². The van der Waals surface area contributed by atoms with Gasteiger partial charge in [-0.25, -0.2) is 4.79 Å². The van der Waals surface area contributed by atoms with Crippen molar-refractivity contribution < 1.29 is 37.5 Å². The van der Waals surface area contributed by atoms with Gasteiger partial charge < -0.3 is 26.0 Å². The van der Waals surface area contributed by atoms with Crippen LogP contribution in [-0.4, -0.2) is 59.1 Å². The zero-order valence-corrected chi connectivity index (χ0v) is 22.4. The molecule has 0 spiro atoms. The number of hydrogen-bond donors (Lipinski definition) is 4. The molecule has 2 aromatic carbocycles. The average Bonchev–Trinajstić information content (AvgIpc) is 3.32. The first-order valence-corrected chi connectivity index (χ1v) is 12.8. The number of carbonyl (C=O) groups excluding carboxylic acids is 3. The third-order valence-corrected chi connectivity index (χ3v) is 6.68. The summed E-state index contributed by atoms with van der Waals surface area (Å²) in [4.78, 5) is 50.5. The smallest absolute Gasteiger partial charge is 0.394 e. The number of halogens is 3. The van der Waals surface area contributed by atoms with Gasteiger partial charge in [0.15, 0.2) is 0 Å². The molecule has 4 amide bonds. The maximum Gasteiger partial charge on any atom is 0.394 e. The minimum atomic E-state index is -4.77. The van der Waals surface area contributed by atoms with Crippen molar-refractivity contribution in [2.24, 2.45) is 17.8 Å². The minimum Gasteiger partial charge on any atom is -0.481 e. The van der Waals surface area contributed by atoms with Crippen LogP contribution in [0.25, 0.3) is 0 Å². The molecule has 1 heterocycles. The third kappa shape index (κ3) is 8.20. The Hall–Kier alpha value is -4.09. The summed E-state index contributed by atoms with van der Waals surface area (Å²) in [7, 11) is 0. The largest absolute Gasteiger partial charge is 0.481 e. The van der Waals surface area contributed by atoms with Gasteiger partial charge in [-0.1, -0.05) is 44.2 Å². The predicted molar refractivity (Wildman–Crippen MR) is 143 cm³/mol. The number of likely N-dealkylation sites (tertiary alicyclic amines) is 1. The zero-order valence-electron chi connectivity index (χ0n) is 22.4. The number of aryl methyl sites for hydroxylation is 1. The molecule has 2 aromatic rings. The highest BCUT2D eigenvalue weighted by Gasteiger charge is 2.54. The van der Waals surface area contributed by atoms with Crippen LogP contribution < -0.4 is 16.0 Å². The fourth-order valence-electron chi connectivity index (χ4n) is 4.61. The van der Waals surface area contributed by atoms with Crippen LogP contribution in [0.3, 0.4) is 0 Å². The van der Waals surface area contributed by atoms with Gasteiger partial charge in [0, 0.05) is 24.5 Å². The van der Waals surface area contributed by atoms with Crippen LogP contribution >= 0.6 is 0 Å². The number of nitrogens with zero attached hydrogens (tertiary/aromatic N) is 1. The normalized spacial score (nSPS) is 17.8. The molecule has 3 rings (SSSR count). The second kappa shape index (κ2) is 12.8. The Balaban J connectivity index is 1.60. The molecule has 0 saturated carbocycles. The molecule has 0 aliphatic carbocycles. The van der Waals surface area contributed by atoms with Gasteiger partial charge in [0.05, 0.1) is 18.3 Å². The van der Waals surface area contributed by atoms with Crippen molar-refractivity contribution in [3.63, 3.8) is 0 Å². The highest BCUT2D eigenvalue weighted by Crippen LogP contribution is 2.38. The van der Waals surface area contributed by atoms with Crippen molar-refractivity contribution in [1.82, 2.24) is 10.2 Å².